The highest BCUT2D eigenvalue weighted by Gasteiger charge is 2.27. The zero-order valence-electron chi connectivity index (χ0n) is 13.7. The molecule has 1 aliphatic rings. The van der Waals surface area contributed by atoms with Crippen molar-refractivity contribution < 1.29 is 0 Å². The van der Waals surface area contributed by atoms with Gasteiger partial charge in [0, 0.05) is 22.6 Å². The van der Waals surface area contributed by atoms with E-state index in [4.69, 9.17) is 0 Å². The Labute approximate surface area is 133 Å². The van der Waals surface area contributed by atoms with Crippen LogP contribution in [-0.2, 0) is 6.42 Å². The molecule has 1 aliphatic heterocycles. The summed E-state index contributed by atoms with van der Waals surface area (Å²) in [6.07, 6.45) is 2.02. The van der Waals surface area contributed by atoms with Gasteiger partial charge in [-0.15, -0.1) is 0 Å². The number of allylic oxidation sites excluding steroid dienone is 2. The Morgan fingerprint density at radius 1 is 0.909 bits per heavy atom. The third-order valence-corrected chi connectivity index (χ3v) is 4.55. The fourth-order valence-corrected chi connectivity index (χ4v) is 3.46. The average Bonchev–Trinajstić information content (AvgIpc) is 2.57. The van der Waals surface area contributed by atoms with Crippen LogP contribution < -0.4 is 4.90 Å². The molecule has 0 fully saturated rings. The van der Waals surface area contributed by atoms with Gasteiger partial charge in [-0.2, -0.15) is 0 Å². The molecular formula is C21H23N. The van der Waals surface area contributed by atoms with Crippen molar-refractivity contribution in [2.75, 3.05) is 4.90 Å². The number of hydrogen-bond donors (Lipinski definition) is 0. The summed E-state index contributed by atoms with van der Waals surface area (Å²) in [6, 6.07) is 17.2. The first-order valence-electron chi connectivity index (χ1n) is 8.05. The van der Waals surface area contributed by atoms with Gasteiger partial charge >= 0.3 is 0 Å². The van der Waals surface area contributed by atoms with Gasteiger partial charge in [0.1, 0.15) is 0 Å². The lowest BCUT2D eigenvalue weighted by Gasteiger charge is -2.37. The second kappa shape index (κ2) is 5.84. The molecule has 0 N–H and O–H groups in total. The van der Waals surface area contributed by atoms with Crippen molar-refractivity contribution in [2.45, 2.75) is 33.6 Å². The Kier molecular flexibility index (Phi) is 3.89. The van der Waals surface area contributed by atoms with Crippen LogP contribution in [0.3, 0.4) is 0 Å². The summed E-state index contributed by atoms with van der Waals surface area (Å²) in [4.78, 5) is 2.33. The first-order valence-corrected chi connectivity index (χ1v) is 8.05. The van der Waals surface area contributed by atoms with Crippen LogP contribution in [0.2, 0.25) is 0 Å². The largest absolute Gasteiger partial charge is 0.314 e. The van der Waals surface area contributed by atoms with E-state index in [1.807, 2.05) is 0 Å². The lowest BCUT2D eigenvalue weighted by molar-refractivity contribution is 0.998. The van der Waals surface area contributed by atoms with E-state index in [1.165, 1.54) is 33.6 Å². The topological polar surface area (TPSA) is 3.24 Å². The summed E-state index contributed by atoms with van der Waals surface area (Å²) < 4.78 is 0. The van der Waals surface area contributed by atoms with Gasteiger partial charge < -0.3 is 4.90 Å². The van der Waals surface area contributed by atoms with E-state index < -0.39 is 0 Å². The minimum absolute atomic E-state index is 0.996. The molecule has 0 saturated carbocycles. The van der Waals surface area contributed by atoms with Gasteiger partial charge in [0.05, 0.1) is 0 Å². The van der Waals surface area contributed by atoms with Gasteiger partial charge in [-0.05, 0) is 48.6 Å². The number of rotatable bonds is 3. The highest BCUT2D eigenvalue weighted by molar-refractivity contribution is 5.95. The van der Waals surface area contributed by atoms with Crippen molar-refractivity contribution in [3.05, 3.63) is 77.5 Å². The zero-order chi connectivity index (χ0) is 15.7. The molecule has 0 atom stereocenters. The lowest BCUT2D eigenvalue weighted by Crippen LogP contribution is -2.26. The summed E-state index contributed by atoms with van der Waals surface area (Å²) in [7, 11) is 0. The minimum Gasteiger partial charge on any atom is -0.314 e. The molecule has 0 radical (unpaired) electrons. The van der Waals surface area contributed by atoms with Crippen LogP contribution >= 0.6 is 0 Å². The van der Waals surface area contributed by atoms with E-state index in [2.05, 4.69) is 80.8 Å². The highest BCUT2D eigenvalue weighted by Crippen LogP contribution is 2.42. The molecule has 1 heteroatoms. The molecule has 2 aromatic carbocycles. The normalized spacial score (nSPS) is 14.3. The lowest BCUT2D eigenvalue weighted by atomic mass is 9.87. The Morgan fingerprint density at radius 2 is 1.64 bits per heavy atom. The van der Waals surface area contributed by atoms with Crippen LogP contribution in [0.5, 0.6) is 0 Å². The maximum Gasteiger partial charge on any atom is 0.0468 e. The van der Waals surface area contributed by atoms with Crippen molar-refractivity contribution in [3.63, 3.8) is 0 Å². The molecule has 22 heavy (non-hydrogen) atoms. The summed E-state index contributed by atoms with van der Waals surface area (Å²) in [5, 5.41) is 0. The maximum atomic E-state index is 4.45. The van der Waals surface area contributed by atoms with E-state index >= 15 is 0 Å². The predicted molar refractivity (Wildman–Crippen MR) is 96.7 cm³/mol. The van der Waals surface area contributed by atoms with Crippen LogP contribution in [0.25, 0.3) is 11.3 Å². The monoisotopic (exact) mass is 289 g/mol. The zero-order valence-corrected chi connectivity index (χ0v) is 13.7. The second-order valence-corrected chi connectivity index (χ2v) is 5.74. The summed E-state index contributed by atoms with van der Waals surface area (Å²) >= 11 is 0. The van der Waals surface area contributed by atoms with Gasteiger partial charge in [0.15, 0.2) is 0 Å². The molecule has 1 nitrogen and oxygen atoms in total. The van der Waals surface area contributed by atoms with Crippen LogP contribution in [0.4, 0.5) is 5.69 Å². The summed E-state index contributed by atoms with van der Waals surface area (Å²) in [6.45, 7) is 11.1. The molecule has 0 bridgehead atoms. The molecule has 0 aromatic heterocycles. The van der Waals surface area contributed by atoms with Crippen LogP contribution in [0.1, 0.15) is 43.9 Å². The van der Waals surface area contributed by atoms with Crippen molar-refractivity contribution in [1.29, 1.82) is 0 Å². The van der Waals surface area contributed by atoms with E-state index in [-0.39, 0.29) is 0 Å². The molecule has 0 amide bonds. The molecule has 0 spiro atoms. The van der Waals surface area contributed by atoms with Crippen LogP contribution in [0.15, 0.2) is 60.8 Å². The smallest absolute Gasteiger partial charge is 0.0468 e. The second-order valence-electron chi connectivity index (χ2n) is 5.74. The van der Waals surface area contributed by atoms with Gasteiger partial charge in [-0.25, -0.2) is 0 Å². The fraction of sp³-hybridized carbons (Fsp3) is 0.238. The molecule has 1 heterocycles. The summed E-state index contributed by atoms with van der Waals surface area (Å²) in [5.74, 6) is 0. The molecule has 0 unspecified atom stereocenters. The molecule has 0 aliphatic carbocycles. The number of fused-ring (bicyclic) bond motifs is 1. The van der Waals surface area contributed by atoms with Crippen LogP contribution in [-0.4, -0.2) is 0 Å². The molecule has 0 saturated heterocycles. The maximum absolute atomic E-state index is 4.45. The number of anilines is 1. The third kappa shape index (κ3) is 2.18. The highest BCUT2D eigenvalue weighted by atomic mass is 15.2. The number of nitrogens with zero attached hydrogens (tertiary/aromatic N) is 1. The average molecular weight is 289 g/mol. The van der Waals surface area contributed by atoms with E-state index in [0.717, 1.165) is 18.5 Å². The van der Waals surface area contributed by atoms with Crippen molar-refractivity contribution in [3.8, 4) is 0 Å². The fourth-order valence-electron chi connectivity index (χ4n) is 3.46. The molecule has 112 valence electrons. The Hall–Kier alpha value is -2.28. The van der Waals surface area contributed by atoms with Gasteiger partial charge in [0.25, 0.3) is 0 Å². The Balaban J connectivity index is 2.26. The van der Waals surface area contributed by atoms with Gasteiger partial charge in [-0.3, -0.25) is 0 Å². The standard InChI is InChI=1S/C21H23N/c1-5-17-11-10-14-19-15(3)20(6-2)22(16(4)21(17)19)18-12-8-7-9-13-18/h7-14H,4-6H2,1-3H3. The number of benzene rings is 2. The van der Waals surface area contributed by atoms with E-state index in [9.17, 15) is 0 Å². The molecular weight excluding hydrogens is 266 g/mol. The first kappa shape index (κ1) is 14.6. The Morgan fingerprint density at radius 3 is 2.27 bits per heavy atom. The Bertz CT molecular complexity index is 738. The van der Waals surface area contributed by atoms with Crippen molar-refractivity contribution in [1.82, 2.24) is 0 Å². The third-order valence-electron chi connectivity index (χ3n) is 4.55. The molecule has 2 aromatic rings. The number of para-hydroxylation sites is 1. The number of hydrogen-bond acceptors (Lipinski definition) is 1. The van der Waals surface area contributed by atoms with Gasteiger partial charge in [-0.1, -0.05) is 56.8 Å². The van der Waals surface area contributed by atoms with Crippen molar-refractivity contribution in [2.24, 2.45) is 0 Å². The van der Waals surface area contributed by atoms with E-state index in [1.54, 1.807) is 0 Å². The minimum atomic E-state index is 0.996. The van der Waals surface area contributed by atoms with E-state index in [0.29, 0.717) is 0 Å². The predicted octanol–water partition coefficient (Wildman–Crippen LogP) is 5.88. The number of aryl methyl sites for hydroxylation is 1. The van der Waals surface area contributed by atoms with Crippen molar-refractivity contribution >= 4 is 17.0 Å². The summed E-state index contributed by atoms with van der Waals surface area (Å²) in [5.41, 5.74) is 9.03. The SMILES string of the molecule is C=C1c2c(CC)cccc2C(C)=C(CC)N1c1ccccc1. The van der Waals surface area contributed by atoms with Gasteiger partial charge in [0.2, 0.25) is 0 Å². The van der Waals surface area contributed by atoms with Crippen LogP contribution in [0, 0.1) is 0 Å². The first-order chi connectivity index (χ1) is 10.7. The quantitative estimate of drug-likeness (QED) is 0.682. The molecule has 3 rings (SSSR count).